The lowest BCUT2D eigenvalue weighted by atomic mass is 9.79. The van der Waals surface area contributed by atoms with Gasteiger partial charge in [0.2, 0.25) is 0 Å². The highest BCUT2D eigenvalue weighted by molar-refractivity contribution is 5.84. The molecule has 0 N–H and O–H groups in total. The molecule has 14 heavy (non-hydrogen) atoms. The maximum atomic E-state index is 11.4. The van der Waals surface area contributed by atoms with E-state index in [9.17, 15) is 9.59 Å². The second-order valence-electron chi connectivity index (χ2n) is 3.68. The summed E-state index contributed by atoms with van der Waals surface area (Å²) < 4.78 is 4.68. The van der Waals surface area contributed by atoms with E-state index in [4.69, 9.17) is 0 Å². The summed E-state index contributed by atoms with van der Waals surface area (Å²) in [6.07, 6.45) is 4.17. The standard InChI is InChI=1S/C11H16O3/c1-3-4-8-7-9(11(13)14-2)5-6-10(8)12/h3,8-9H,1,4-7H2,2H3/t8-,9+/m0/s1. The average molecular weight is 196 g/mol. The van der Waals surface area contributed by atoms with Crippen LogP contribution in [0.15, 0.2) is 12.7 Å². The zero-order valence-electron chi connectivity index (χ0n) is 8.49. The third-order valence-electron chi connectivity index (χ3n) is 2.75. The lowest BCUT2D eigenvalue weighted by molar-refractivity contribution is -0.148. The highest BCUT2D eigenvalue weighted by Gasteiger charge is 2.32. The fourth-order valence-electron chi connectivity index (χ4n) is 1.92. The Morgan fingerprint density at radius 3 is 3.00 bits per heavy atom. The first-order valence-corrected chi connectivity index (χ1v) is 4.90. The lowest BCUT2D eigenvalue weighted by Gasteiger charge is -2.25. The number of esters is 1. The van der Waals surface area contributed by atoms with E-state index in [0.29, 0.717) is 25.7 Å². The van der Waals surface area contributed by atoms with Crippen molar-refractivity contribution >= 4 is 11.8 Å². The topological polar surface area (TPSA) is 43.4 Å². The summed E-state index contributed by atoms with van der Waals surface area (Å²) in [5.41, 5.74) is 0. The number of hydrogen-bond donors (Lipinski definition) is 0. The Hall–Kier alpha value is -1.12. The molecule has 0 aromatic carbocycles. The van der Waals surface area contributed by atoms with Crippen molar-refractivity contribution in [1.82, 2.24) is 0 Å². The van der Waals surface area contributed by atoms with Gasteiger partial charge in [0.1, 0.15) is 5.78 Å². The minimum Gasteiger partial charge on any atom is -0.469 e. The third-order valence-corrected chi connectivity index (χ3v) is 2.75. The number of Topliss-reactive ketones (excluding diaryl/α,β-unsaturated/α-hetero) is 1. The van der Waals surface area contributed by atoms with Crippen LogP contribution in [0.25, 0.3) is 0 Å². The Balaban J connectivity index is 2.56. The Bertz CT molecular complexity index is 245. The van der Waals surface area contributed by atoms with Crippen LogP contribution in [0.3, 0.4) is 0 Å². The molecule has 0 heterocycles. The Labute approximate surface area is 84.1 Å². The van der Waals surface area contributed by atoms with Gasteiger partial charge in [0, 0.05) is 12.3 Å². The number of ketones is 1. The zero-order chi connectivity index (χ0) is 10.6. The first-order chi connectivity index (χ1) is 6.69. The molecule has 0 radical (unpaired) electrons. The molecule has 0 aromatic rings. The molecule has 0 bridgehead atoms. The molecule has 78 valence electrons. The summed E-state index contributed by atoms with van der Waals surface area (Å²) in [5, 5.41) is 0. The number of allylic oxidation sites excluding steroid dienone is 1. The highest BCUT2D eigenvalue weighted by Crippen LogP contribution is 2.29. The first-order valence-electron chi connectivity index (χ1n) is 4.90. The van der Waals surface area contributed by atoms with Gasteiger partial charge < -0.3 is 4.74 Å². The number of rotatable bonds is 3. The molecule has 3 heteroatoms. The van der Waals surface area contributed by atoms with Crippen LogP contribution in [0, 0.1) is 11.8 Å². The van der Waals surface area contributed by atoms with Crippen LogP contribution >= 0.6 is 0 Å². The van der Waals surface area contributed by atoms with Gasteiger partial charge in [0.05, 0.1) is 13.0 Å². The molecular formula is C11H16O3. The molecule has 0 saturated heterocycles. The predicted molar refractivity (Wildman–Crippen MR) is 52.7 cm³/mol. The van der Waals surface area contributed by atoms with Crippen LogP contribution < -0.4 is 0 Å². The minimum atomic E-state index is -0.188. The van der Waals surface area contributed by atoms with Crippen molar-refractivity contribution in [3.8, 4) is 0 Å². The van der Waals surface area contributed by atoms with Gasteiger partial charge in [-0.2, -0.15) is 0 Å². The number of carbonyl (C=O) groups is 2. The molecule has 0 unspecified atom stereocenters. The SMILES string of the molecule is C=CC[C@H]1C[C@H](C(=O)OC)CCC1=O. The first kappa shape index (κ1) is 11.0. The Morgan fingerprint density at radius 2 is 2.43 bits per heavy atom. The quantitative estimate of drug-likeness (QED) is 0.510. The number of methoxy groups -OCH3 is 1. The van der Waals surface area contributed by atoms with Crippen LogP contribution in [0.1, 0.15) is 25.7 Å². The van der Waals surface area contributed by atoms with Crippen molar-refractivity contribution in [2.75, 3.05) is 7.11 Å². The number of hydrogen-bond acceptors (Lipinski definition) is 3. The van der Waals surface area contributed by atoms with E-state index in [1.807, 2.05) is 0 Å². The molecule has 0 amide bonds. The lowest BCUT2D eigenvalue weighted by Crippen LogP contribution is -2.29. The van der Waals surface area contributed by atoms with Gasteiger partial charge in [-0.05, 0) is 19.3 Å². The van der Waals surface area contributed by atoms with E-state index in [-0.39, 0.29) is 23.6 Å². The van der Waals surface area contributed by atoms with Gasteiger partial charge in [-0.1, -0.05) is 6.08 Å². The molecule has 0 aliphatic heterocycles. The van der Waals surface area contributed by atoms with Gasteiger partial charge >= 0.3 is 5.97 Å². The largest absolute Gasteiger partial charge is 0.469 e. The maximum Gasteiger partial charge on any atom is 0.308 e. The Kier molecular flexibility index (Phi) is 3.86. The van der Waals surface area contributed by atoms with E-state index in [0.717, 1.165) is 0 Å². The van der Waals surface area contributed by atoms with Gasteiger partial charge in [-0.3, -0.25) is 9.59 Å². The molecule has 1 aliphatic carbocycles. The predicted octanol–water partition coefficient (Wildman–Crippen LogP) is 1.72. The molecule has 1 saturated carbocycles. The summed E-state index contributed by atoms with van der Waals surface area (Å²) in [7, 11) is 1.39. The summed E-state index contributed by atoms with van der Waals surface area (Å²) in [6.45, 7) is 3.61. The summed E-state index contributed by atoms with van der Waals surface area (Å²) in [6, 6.07) is 0. The minimum absolute atomic E-state index is 0.0228. The molecule has 0 spiro atoms. The van der Waals surface area contributed by atoms with Crippen molar-refractivity contribution in [3.63, 3.8) is 0 Å². The summed E-state index contributed by atoms with van der Waals surface area (Å²) in [5.74, 6) is -0.0513. The highest BCUT2D eigenvalue weighted by atomic mass is 16.5. The van der Waals surface area contributed by atoms with Crippen LogP contribution in [0.5, 0.6) is 0 Å². The van der Waals surface area contributed by atoms with Crippen molar-refractivity contribution in [1.29, 1.82) is 0 Å². The summed E-state index contributed by atoms with van der Waals surface area (Å²) in [4.78, 5) is 22.7. The van der Waals surface area contributed by atoms with Crippen LogP contribution in [0.4, 0.5) is 0 Å². The van der Waals surface area contributed by atoms with Crippen molar-refractivity contribution in [2.45, 2.75) is 25.7 Å². The van der Waals surface area contributed by atoms with Gasteiger partial charge in [-0.25, -0.2) is 0 Å². The second kappa shape index (κ2) is 4.94. The molecule has 1 aliphatic rings. The zero-order valence-corrected chi connectivity index (χ0v) is 8.49. The normalized spacial score (nSPS) is 27.1. The van der Waals surface area contributed by atoms with E-state index in [2.05, 4.69) is 11.3 Å². The average Bonchev–Trinajstić information content (AvgIpc) is 2.20. The molecular weight excluding hydrogens is 180 g/mol. The van der Waals surface area contributed by atoms with E-state index in [1.165, 1.54) is 7.11 Å². The van der Waals surface area contributed by atoms with Gasteiger partial charge in [-0.15, -0.1) is 6.58 Å². The monoisotopic (exact) mass is 196 g/mol. The van der Waals surface area contributed by atoms with Crippen LogP contribution in [0.2, 0.25) is 0 Å². The maximum absolute atomic E-state index is 11.4. The van der Waals surface area contributed by atoms with E-state index < -0.39 is 0 Å². The van der Waals surface area contributed by atoms with E-state index in [1.54, 1.807) is 6.08 Å². The van der Waals surface area contributed by atoms with Crippen LogP contribution in [-0.4, -0.2) is 18.9 Å². The fraction of sp³-hybridized carbons (Fsp3) is 0.636. The second-order valence-corrected chi connectivity index (χ2v) is 3.68. The summed E-state index contributed by atoms with van der Waals surface area (Å²) >= 11 is 0. The third kappa shape index (κ3) is 2.44. The number of carbonyl (C=O) groups excluding carboxylic acids is 2. The van der Waals surface area contributed by atoms with Crippen molar-refractivity contribution in [2.24, 2.45) is 11.8 Å². The van der Waals surface area contributed by atoms with Gasteiger partial charge in [0.25, 0.3) is 0 Å². The van der Waals surface area contributed by atoms with Crippen molar-refractivity contribution < 1.29 is 14.3 Å². The smallest absolute Gasteiger partial charge is 0.308 e. The molecule has 3 nitrogen and oxygen atoms in total. The van der Waals surface area contributed by atoms with Crippen LogP contribution in [-0.2, 0) is 14.3 Å². The molecule has 1 rings (SSSR count). The molecule has 0 aromatic heterocycles. The fourth-order valence-corrected chi connectivity index (χ4v) is 1.92. The molecule has 1 fully saturated rings. The Morgan fingerprint density at radius 1 is 1.71 bits per heavy atom. The molecule has 2 atom stereocenters. The number of ether oxygens (including phenoxy) is 1. The van der Waals surface area contributed by atoms with E-state index >= 15 is 0 Å². The van der Waals surface area contributed by atoms with Crippen molar-refractivity contribution in [3.05, 3.63) is 12.7 Å². The van der Waals surface area contributed by atoms with Gasteiger partial charge in [0.15, 0.2) is 0 Å².